The highest BCUT2D eigenvalue weighted by atomic mass is 79.9. The van der Waals surface area contributed by atoms with Crippen molar-refractivity contribution in [1.29, 1.82) is 0 Å². The van der Waals surface area contributed by atoms with Crippen molar-refractivity contribution in [3.05, 3.63) is 62.0 Å². The average molecular weight is 345 g/mol. The molecule has 1 N–H and O–H groups in total. The van der Waals surface area contributed by atoms with E-state index in [0.29, 0.717) is 11.6 Å². The van der Waals surface area contributed by atoms with Gasteiger partial charge in [-0.2, -0.15) is 0 Å². The van der Waals surface area contributed by atoms with E-state index in [4.69, 9.17) is 23.2 Å². The second-order valence-electron chi connectivity index (χ2n) is 4.05. The number of anilines is 1. The summed E-state index contributed by atoms with van der Waals surface area (Å²) in [7, 11) is 0. The SMILES string of the molecule is Cc1cc(Br)ccc1NCc1cc(Cl)ccc1Cl. The maximum Gasteiger partial charge on any atom is 0.0456 e. The molecule has 0 aromatic heterocycles. The zero-order valence-electron chi connectivity index (χ0n) is 9.81. The molecule has 2 rings (SSSR count). The molecule has 1 nitrogen and oxygen atoms in total. The van der Waals surface area contributed by atoms with Crippen LogP contribution in [-0.2, 0) is 6.54 Å². The first kappa shape index (κ1) is 13.7. The third-order valence-electron chi connectivity index (χ3n) is 2.67. The van der Waals surface area contributed by atoms with Crippen molar-refractivity contribution in [2.24, 2.45) is 0 Å². The molecule has 0 heterocycles. The molecule has 0 amide bonds. The lowest BCUT2D eigenvalue weighted by Gasteiger charge is -2.11. The van der Waals surface area contributed by atoms with Crippen molar-refractivity contribution >= 4 is 44.8 Å². The predicted octanol–water partition coefficient (Wildman–Crippen LogP) is 5.68. The van der Waals surface area contributed by atoms with Crippen LogP contribution >= 0.6 is 39.1 Å². The molecule has 0 spiro atoms. The van der Waals surface area contributed by atoms with E-state index < -0.39 is 0 Å². The van der Waals surface area contributed by atoms with Crippen LogP contribution in [0.15, 0.2) is 40.9 Å². The van der Waals surface area contributed by atoms with E-state index in [1.54, 1.807) is 6.07 Å². The molecule has 0 aliphatic rings. The van der Waals surface area contributed by atoms with Crippen LogP contribution in [0, 0.1) is 6.92 Å². The first-order valence-electron chi connectivity index (χ1n) is 5.50. The van der Waals surface area contributed by atoms with Crippen LogP contribution in [0.2, 0.25) is 10.0 Å². The fraction of sp³-hybridized carbons (Fsp3) is 0.143. The molecule has 2 aromatic carbocycles. The van der Waals surface area contributed by atoms with Crippen LogP contribution in [0.3, 0.4) is 0 Å². The molecule has 4 heteroatoms. The maximum absolute atomic E-state index is 6.12. The number of hydrogen-bond donors (Lipinski definition) is 1. The Morgan fingerprint density at radius 1 is 1.11 bits per heavy atom. The first-order valence-corrected chi connectivity index (χ1v) is 7.05. The molecule has 18 heavy (non-hydrogen) atoms. The minimum absolute atomic E-state index is 0.655. The Kier molecular flexibility index (Phi) is 4.55. The topological polar surface area (TPSA) is 12.0 Å². The third kappa shape index (κ3) is 3.41. The van der Waals surface area contributed by atoms with Gasteiger partial charge in [-0.1, -0.05) is 39.1 Å². The third-order valence-corrected chi connectivity index (χ3v) is 3.76. The van der Waals surface area contributed by atoms with E-state index in [0.717, 1.165) is 20.7 Å². The zero-order chi connectivity index (χ0) is 13.1. The molecule has 0 fully saturated rings. The largest absolute Gasteiger partial charge is 0.381 e. The van der Waals surface area contributed by atoms with Gasteiger partial charge >= 0.3 is 0 Å². The highest BCUT2D eigenvalue weighted by Crippen LogP contribution is 2.24. The summed E-state index contributed by atoms with van der Waals surface area (Å²) in [5.41, 5.74) is 3.27. The zero-order valence-corrected chi connectivity index (χ0v) is 12.9. The number of aryl methyl sites for hydroxylation is 1. The van der Waals surface area contributed by atoms with Gasteiger partial charge in [0.15, 0.2) is 0 Å². The molecule has 0 atom stereocenters. The quantitative estimate of drug-likeness (QED) is 0.755. The van der Waals surface area contributed by atoms with Gasteiger partial charge in [0.1, 0.15) is 0 Å². The standard InChI is InChI=1S/C14H12BrCl2N/c1-9-6-11(15)2-5-14(9)18-8-10-7-12(16)3-4-13(10)17/h2-7,18H,8H2,1H3. The summed E-state index contributed by atoms with van der Waals surface area (Å²) >= 11 is 15.5. The second-order valence-corrected chi connectivity index (χ2v) is 5.81. The van der Waals surface area contributed by atoms with E-state index >= 15 is 0 Å². The number of benzene rings is 2. The minimum Gasteiger partial charge on any atom is -0.381 e. The molecular formula is C14H12BrCl2N. The molecule has 0 aliphatic carbocycles. The summed E-state index contributed by atoms with van der Waals surface area (Å²) in [5.74, 6) is 0. The van der Waals surface area contributed by atoms with Crippen LogP contribution in [0.4, 0.5) is 5.69 Å². The predicted molar refractivity (Wildman–Crippen MR) is 82.7 cm³/mol. The molecule has 0 saturated heterocycles. The molecule has 0 unspecified atom stereocenters. The molecular weight excluding hydrogens is 333 g/mol. The lowest BCUT2D eigenvalue weighted by molar-refractivity contribution is 1.14. The van der Waals surface area contributed by atoms with Crippen molar-refractivity contribution in [3.8, 4) is 0 Å². The van der Waals surface area contributed by atoms with Crippen molar-refractivity contribution < 1.29 is 0 Å². The fourth-order valence-corrected chi connectivity index (χ4v) is 2.55. The Hall–Kier alpha value is -0.700. The van der Waals surface area contributed by atoms with Crippen LogP contribution in [-0.4, -0.2) is 0 Å². The Bertz CT molecular complexity index is 570. The number of rotatable bonds is 3. The summed E-state index contributed by atoms with van der Waals surface area (Å²) in [6, 6.07) is 11.6. The second kappa shape index (κ2) is 5.96. The first-order chi connectivity index (χ1) is 8.56. The van der Waals surface area contributed by atoms with Gasteiger partial charge in [-0.25, -0.2) is 0 Å². The van der Waals surface area contributed by atoms with Crippen LogP contribution in [0.5, 0.6) is 0 Å². The average Bonchev–Trinajstić information content (AvgIpc) is 2.32. The van der Waals surface area contributed by atoms with Gasteiger partial charge in [0.05, 0.1) is 0 Å². The van der Waals surface area contributed by atoms with Crippen molar-refractivity contribution in [2.45, 2.75) is 13.5 Å². The Morgan fingerprint density at radius 3 is 2.61 bits per heavy atom. The summed E-state index contributed by atoms with van der Waals surface area (Å²) in [6.07, 6.45) is 0. The smallest absolute Gasteiger partial charge is 0.0456 e. The van der Waals surface area contributed by atoms with E-state index in [-0.39, 0.29) is 0 Å². The Morgan fingerprint density at radius 2 is 1.89 bits per heavy atom. The van der Waals surface area contributed by atoms with Gasteiger partial charge in [0.2, 0.25) is 0 Å². The maximum atomic E-state index is 6.12. The van der Waals surface area contributed by atoms with Crippen LogP contribution in [0.25, 0.3) is 0 Å². The molecule has 0 saturated carbocycles. The highest BCUT2D eigenvalue weighted by Gasteiger charge is 2.03. The Labute approximate surface area is 125 Å². The molecule has 0 radical (unpaired) electrons. The summed E-state index contributed by atoms with van der Waals surface area (Å²) in [6.45, 7) is 2.72. The fourth-order valence-electron chi connectivity index (χ4n) is 1.69. The monoisotopic (exact) mass is 343 g/mol. The summed E-state index contributed by atoms with van der Waals surface area (Å²) in [4.78, 5) is 0. The number of nitrogens with one attached hydrogen (secondary N) is 1. The summed E-state index contributed by atoms with van der Waals surface area (Å²) in [5, 5.41) is 4.78. The van der Waals surface area contributed by atoms with Crippen molar-refractivity contribution in [3.63, 3.8) is 0 Å². The summed E-state index contributed by atoms with van der Waals surface area (Å²) < 4.78 is 1.08. The van der Waals surface area contributed by atoms with E-state index in [1.165, 1.54) is 5.56 Å². The molecule has 0 aliphatic heterocycles. The van der Waals surface area contributed by atoms with Gasteiger partial charge in [0, 0.05) is 26.8 Å². The van der Waals surface area contributed by atoms with Crippen LogP contribution in [0.1, 0.15) is 11.1 Å². The van der Waals surface area contributed by atoms with Gasteiger partial charge < -0.3 is 5.32 Å². The van der Waals surface area contributed by atoms with Crippen molar-refractivity contribution in [1.82, 2.24) is 0 Å². The highest BCUT2D eigenvalue weighted by molar-refractivity contribution is 9.10. The van der Waals surface area contributed by atoms with Gasteiger partial charge in [0.25, 0.3) is 0 Å². The lowest BCUT2D eigenvalue weighted by Crippen LogP contribution is -2.01. The number of hydrogen-bond acceptors (Lipinski definition) is 1. The van der Waals surface area contributed by atoms with Crippen molar-refractivity contribution in [2.75, 3.05) is 5.32 Å². The number of halogens is 3. The van der Waals surface area contributed by atoms with Gasteiger partial charge in [-0.15, -0.1) is 0 Å². The molecule has 2 aromatic rings. The minimum atomic E-state index is 0.655. The lowest BCUT2D eigenvalue weighted by atomic mass is 10.2. The van der Waals surface area contributed by atoms with Gasteiger partial charge in [-0.05, 0) is 54.4 Å². The van der Waals surface area contributed by atoms with Crippen LogP contribution < -0.4 is 5.32 Å². The van der Waals surface area contributed by atoms with E-state index in [2.05, 4.69) is 34.2 Å². The Balaban J connectivity index is 2.13. The van der Waals surface area contributed by atoms with E-state index in [9.17, 15) is 0 Å². The van der Waals surface area contributed by atoms with Gasteiger partial charge in [-0.3, -0.25) is 0 Å². The normalized spacial score (nSPS) is 10.4. The molecule has 94 valence electrons. The molecule has 0 bridgehead atoms. The van der Waals surface area contributed by atoms with E-state index in [1.807, 2.05) is 24.3 Å².